The molecule has 1 aliphatic rings. The first-order valence-corrected chi connectivity index (χ1v) is 15.9. The third kappa shape index (κ3) is 9.45. The number of ether oxygens (including phenoxy) is 3. The lowest BCUT2D eigenvalue weighted by molar-refractivity contribution is -0.206. The normalized spacial score (nSPS) is 17.0. The highest BCUT2D eigenvalue weighted by Gasteiger charge is 2.24. The molecule has 232 valence electrons. The highest BCUT2D eigenvalue weighted by molar-refractivity contribution is 5.71. The van der Waals surface area contributed by atoms with Crippen molar-refractivity contribution in [2.75, 3.05) is 13.2 Å². The number of rotatable bonds is 16. The zero-order valence-corrected chi connectivity index (χ0v) is 25.6. The van der Waals surface area contributed by atoms with Crippen LogP contribution in [0, 0.1) is 23.4 Å². The van der Waals surface area contributed by atoms with Crippen LogP contribution in [-0.4, -0.2) is 13.2 Å². The van der Waals surface area contributed by atoms with E-state index in [1.54, 1.807) is 36.4 Å². The van der Waals surface area contributed by atoms with Crippen LogP contribution >= 0.6 is 0 Å². The molecule has 43 heavy (non-hydrogen) atoms. The summed E-state index contributed by atoms with van der Waals surface area (Å²) in [4.78, 5) is 0. The Hall–Kier alpha value is -3.09. The van der Waals surface area contributed by atoms with Gasteiger partial charge in [0.15, 0.2) is 17.9 Å². The molecule has 3 aromatic carbocycles. The maximum atomic E-state index is 15.2. The molecule has 1 fully saturated rings. The van der Waals surface area contributed by atoms with Gasteiger partial charge in [-0.15, -0.1) is 0 Å². The maximum Gasteiger partial charge on any atom is 0.201 e. The highest BCUT2D eigenvalue weighted by Crippen LogP contribution is 2.34. The van der Waals surface area contributed by atoms with Gasteiger partial charge in [0.1, 0.15) is 5.82 Å². The van der Waals surface area contributed by atoms with Gasteiger partial charge in [-0.2, -0.15) is 4.39 Å². The van der Waals surface area contributed by atoms with Crippen LogP contribution in [0.4, 0.5) is 13.2 Å². The van der Waals surface area contributed by atoms with Crippen molar-refractivity contribution in [2.45, 2.75) is 90.8 Å². The minimum Gasteiger partial charge on any atom is -0.462 e. The lowest BCUT2D eigenvalue weighted by atomic mass is 9.98. The highest BCUT2D eigenvalue weighted by atomic mass is 19.2. The number of unbranched alkanes of at least 4 members (excludes halogenated alkanes) is 8. The van der Waals surface area contributed by atoms with Crippen molar-refractivity contribution >= 4 is 0 Å². The summed E-state index contributed by atoms with van der Waals surface area (Å²) in [6.45, 7) is 5.49. The minimum absolute atomic E-state index is 0.108. The molecule has 0 bridgehead atoms. The fourth-order valence-corrected chi connectivity index (χ4v) is 5.41. The SMILES string of the molecule is CCCC=COc1ccc(-c2ccc(-c3ccc(C4OCC(CCCCCCCCCC)CO4)cc3F)cc2)c(F)c1F. The molecule has 0 atom stereocenters. The summed E-state index contributed by atoms with van der Waals surface area (Å²) >= 11 is 0. The van der Waals surface area contributed by atoms with Gasteiger partial charge in [-0.25, -0.2) is 8.78 Å². The molecular weight excluding hydrogens is 549 g/mol. The van der Waals surface area contributed by atoms with E-state index in [1.807, 2.05) is 13.0 Å². The average molecular weight is 595 g/mol. The minimum atomic E-state index is -1.05. The number of benzene rings is 3. The fraction of sp³-hybridized carbons (Fsp3) is 0.459. The number of hydrogen-bond acceptors (Lipinski definition) is 3. The van der Waals surface area contributed by atoms with Crippen molar-refractivity contribution in [1.82, 2.24) is 0 Å². The van der Waals surface area contributed by atoms with E-state index in [-0.39, 0.29) is 11.3 Å². The summed E-state index contributed by atoms with van der Waals surface area (Å²) in [5.41, 5.74) is 2.28. The van der Waals surface area contributed by atoms with Crippen LogP contribution in [0.2, 0.25) is 0 Å². The van der Waals surface area contributed by atoms with Crippen LogP contribution in [0.25, 0.3) is 22.3 Å². The Labute approximate surface area is 255 Å². The van der Waals surface area contributed by atoms with Crippen molar-refractivity contribution in [3.63, 3.8) is 0 Å². The Balaban J connectivity index is 1.29. The lowest BCUT2D eigenvalue weighted by Gasteiger charge is -2.29. The van der Waals surface area contributed by atoms with Gasteiger partial charge in [-0.05, 0) is 48.2 Å². The third-order valence-electron chi connectivity index (χ3n) is 8.00. The Morgan fingerprint density at radius 2 is 1.35 bits per heavy atom. The first kappa shape index (κ1) is 32.8. The Bertz CT molecular complexity index is 1300. The van der Waals surface area contributed by atoms with Gasteiger partial charge < -0.3 is 14.2 Å². The first-order valence-electron chi connectivity index (χ1n) is 15.9. The Morgan fingerprint density at radius 3 is 2.00 bits per heavy atom. The summed E-state index contributed by atoms with van der Waals surface area (Å²) < 4.78 is 61.8. The number of allylic oxidation sites excluding steroid dienone is 1. The molecule has 0 saturated carbocycles. The van der Waals surface area contributed by atoms with Crippen molar-refractivity contribution < 1.29 is 27.4 Å². The summed E-state index contributed by atoms with van der Waals surface area (Å²) in [5, 5.41) is 0. The van der Waals surface area contributed by atoms with E-state index in [0.29, 0.717) is 41.4 Å². The molecular formula is C37H45F3O3. The van der Waals surface area contributed by atoms with Crippen molar-refractivity contribution in [1.29, 1.82) is 0 Å². The molecule has 0 amide bonds. The van der Waals surface area contributed by atoms with Crippen LogP contribution in [0.5, 0.6) is 5.75 Å². The molecule has 0 unspecified atom stereocenters. The standard InChI is InChI=1S/C37H45F3O3/c1-3-5-7-8-9-10-11-12-14-27-25-42-37(43-26-27)30-19-20-31(33(38)24-30)28-15-17-29(18-16-28)32-21-22-34(36(40)35(32)39)41-23-13-6-4-2/h13,15-24,27,37H,3-12,14,25-26H2,1-2H3. The Morgan fingerprint density at radius 1 is 0.721 bits per heavy atom. The fourth-order valence-electron chi connectivity index (χ4n) is 5.41. The van der Waals surface area contributed by atoms with Gasteiger partial charge in [-0.3, -0.25) is 0 Å². The smallest absolute Gasteiger partial charge is 0.201 e. The Kier molecular flexibility index (Phi) is 13.2. The topological polar surface area (TPSA) is 27.7 Å². The molecule has 0 spiro atoms. The van der Waals surface area contributed by atoms with Crippen LogP contribution < -0.4 is 4.74 Å². The number of halogens is 3. The van der Waals surface area contributed by atoms with Crippen molar-refractivity contribution in [2.24, 2.45) is 5.92 Å². The van der Waals surface area contributed by atoms with E-state index in [9.17, 15) is 8.78 Å². The van der Waals surface area contributed by atoms with E-state index in [2.05, 4.69) is 6.92 Å². The average Bonchev–Trinajstić information content (AvgIpc) is 3.03. The van der Waals surface area contributed by atoms with Crippen molar-refractivity contribution in [3.8, 4) is 28.0 Å². The van der Waals surface area contributed by atoms with Gasteiger partial charge in [0.05, 0.1) is 19.5 Å². The van der Waals surface area contributed by atoms with Gasteiger partial charge in [0.25, 0.3) is 0 Å². The summed E-state index contributed by atoms with van der Waals surface area (Å²) in [7, 11) is 0. The van der Waals surface area contributed by atoms with E-state index in [4.69, 9.17) is 14.2 Å². The summed E-state index contributed by atoms with van der Waals surface area (Å²) in [5.74, 6) is -2.22. The third-order valence-corrected chi connectivity index (χ3v) is 8.00. The van der Waals surface area contributed by atoms with Crippen LogP contribution in [0.1, 0.15) is 96.3 Å². The molecule has 1 heterocycles. The first-order chi connectivity index (χ1) is 21.0. The molecule has 3 nitrogen and oxygen atoms in total. The van der Waals surface area contributed by atoms with Gasteiger partial charge in [0, 0.05) is 22.6 Å². The maximum absolute atomic E-state index is 15.2. The largest absolute Gasteiger partial charge is 0.462 e. The van der Waals surface area contributed by atoms with E-state index in [1.165, 1.54) is 75.8 Å². The molecule has 0 aromatic heterocycles. The lowest BCUT2D eigenvalue weighted by Crippen LogP contribution is -2.27. The van der Waals surface area contributed by atoms with Crippen molar-refractivity contribution in [3.05, 3.63) is 90.0 Å². The quantitative estimate of drug-likeness (QED) is 0.122. The van der Waals surface area contributed by atoms with E-state index in [0.717, 1.165) is 19.3 Å². The predicted molar refractivity (Wildman–Crippen MR) is 167 cm³/mol. The van der Waals surface area contributed by atoms with Gasteiger partial charge in [-0.1, -0.05) is 108 Å². The molecule has 3 aromatic rings. The second-order valence-corrected chi connectivity index (χ2v) is 11.5. The van der Waals surface area contributed by atoms with Crippen LogP contribution in [0.15, 0.2) is 66.9 Å². The van der Waals surface area contributed by atoms with E-state index >= 15 is 4.39 Å². The molecule has 1 aliphatic heterocycles. The predicted octanol–water partition coefficient (Wildman–Crippen LogP) is 11.3. The molecule has 4 rings (SSSR count). The molecule has 0 aliphatic carbocycles. The molecule has 0 N–H and O–H groups in total. The van der Waals surface area contributed by atoms with Crippen LogP contribution in [0.3, 0.4) is 0 Å². The monoisotopic (exact) mass is 594 g/mol. The zero-order chi connectivity index (χ0) is 30.4. The molecule has 0 radical (unpaired) electrons. The number of hydrogen-bond donors (Lipinski definition) is 0. The van der Waals surface area contributed by atoms with Gasteiger partial charge >= 0.3 is 0 Å². The summed E-state index contributed by atoms with van der Waals surface area (Å²) in [6, 6.07) is 14.6. The zero-order valence-electron chi connectivity index (χ0n) is 25.6. The second-order valence-electron chi connectivity index (χ2n) is 11.5. The van der Waals surface area contributed by atoms with E-state index < -0.39 is 23.7 Å². The molecule has 1 saturated heterocycles. The molecule has 6 heteroatoms. The van der Waals surface area contributed by atoms with Gasteiger partial charge in [0.2, 0.25) is 5.82 Å². The second kappa shape index (κ2) is 17.3. The summed E-state index contributed by atoms with van der Waals surface area (Å²) in [6.07, 6.45) is 15.8. The van der Waals surface area contributed by atoms with Crippen LogP contribution in [-0.2, 0) is 9.47 Å².